The molecule has 0 saturated carbocycles. The van der Waals surface area contributed by atoms with Crippen molar-refractivity contribution in [1.29, 1.82) is 0 Å². The second-order valence-electron chi connectivity index (χ2n) is 3.88. The van der Waals surface area contributed by atoms with Crippen LogP contribution < -0.4 is 5.32 Å². The molecule has 0 spiro atoms. The van der Waals surface area contributed by atoms with E-state index < -0.39 is 10.8 Å². The molecule has 2 N–H and O–H groups in total. The van der Waals surface area contributed by atoms with Crippen LogP contribution >= 0.6 is 0 Å². The van der Waals surface area contributed by atoms with Crippen LogP contribution in [0.3, 0.4) is 0 Å². The number of aliphatic hydroxyl groups excluding tert-OH is 1. The highest BCUT2D eigenvalue weighted by molar-refractivity contribution is 7.85. The standard InChI is InChI=1S/C12H17NO3S/c1-9-3-4-10(2)11(7-9)13-12(15)8-17(16)6-5-14/h3-4,7,14H,5-6,8H2,1-2H3,(H,13,15). The predicted octanol–water partition coefficient (Wildman–Crippen LogP) is 0.983. The third kappa shape index (κ3) is 4.66. The van der Waals surface area contributed by atoms with E-state index in [1.165, 1.54) is 0 Å². The van der Waals surface area contributed by atoms with Gasteiger partial charge >= 0.3 is 0 Å². The van der Waals surface area contributed by atoms with E-state index >= 15 is 0 Å². The van der Waals surface area contributed by atoms with Crippen molar-refractivity contribution in [3.63, 3.8) is 0 Å². The summed E-state index contributed by atoms with van der Waals surface area (Å²) >= 11 is 0. The second-order valence-corrected chi connectivity index (χ2v) is 5.46. The van der Waals surface area contributed by atoms with Gasteiger partial charge in [0.1, 0.15) is 5.75 Å². The number of nitrogens with one attached hydrogen (secondary N) is 1. The highest BCUT2D eigenvalue weighted by atomic mass is 32.2. The van der Waals surface area contributed by atoms with Crippen LogP contribution in [0.1, 0.15) is 11.1 Å². The molecular weight excluding hydrogens is 238 g/mol. The number of aryl methyl sites for hydroxylation is 2. The Morgan fingerprint density at radius 3 is 2.76 bits per heavy atom. The molecule has 1 aromatic rings. The second kappa shape index (κ2) is 6.51. The Balaban J connectivity index is 2.62. The van der Waals surface area contributed by atoms with E-state index in [1.807, 2.05) is 32.0 Å². The predicted molar refractivity (Wildman–Crippen MR) is 69.5 cm³/mol. The van der Waals surface area contributed by atoms with Gasteiger partial charge in [0.2, 0.25) is 5.91 Å². The first-order valence-electron chi connectivity index (χ1n) is 5.36. The number of rotatable bonds is 5. The fourth-order valence-electron chi connectivity index (χ4n) is 1.38. The van der Waals surface area contributed by atoms with E-state index in [4.69, 9.17) is 5.11 Å². The molecule has 1 atom stereocenters. The van der Waals surface area contributed by atoms with Crippen molar-refractivity contribution in [3.8, 4) is 0 Å². The topological polar surface area (TPSA) is 66.4 Å². The van der Waals surface area contributed by atoms with Gasteiger partial charge in [-0.2, -0.15) is 0 Å². The third-order valence-electron chi connectivity index (χ3n) is 2.28. The molecule has 0 radical (unpaired) electrons. The highest BCUT2D eigenvalue weighted by Crippen LogP contribution is 2.16. The van der Waals surface area contributed by atoms with Crippen molar-refractivity contribution in [2.24, 2.45) is 0 Å². The Hall–Kier alpha value is -1.20. The van der Waals surface area contributed by atoms with Crippen LogP contribution in [0.4, 0.5) is 5.69 Å². The maximum Gasteiger partial charge on any atom is 0.236 e. The Morgan fingerprint density at radius 2 is 2.12 bits per heavy atom. The normalized spacial score (nSPS) is 12.2. The van der Waals surface area contributed by atoms with Crippen LogP contribution in [0.25, 0.3) is 0 Å². The Morgan fingerprint density at radius 1 is 1.41 bits per heavy atom. The van der Waals surface area contributed by atoms with Crippen molar-refractivity contribution in [3.05, 3.63) is 29.3 Å². The van der Waals surface area contributed by atoms with Crippen LogP contribution in [0.2, 0.25) is 0 Å². The number of aliphatic hydroxyl groups is 1. The average Bonchev–Trinajstić information content (AvgIpc) is 2.23. The molecule has 1 rings (SSSR count). The minimum Gasteiger partial charge on any atom is -0.395 e. The summed E-state index contributed by atoms with van der Waals surface area (Å²) in [5.74, 6) is -0.223. The van der Waals surface area contributed by atoms with Crippen molar-refractivity contribution >= 4 is 22.4 Å². The number of benzene rings is 1. The van der Waals surface area contributed by atoms with Crippen LogP contribution in [-0.2, 0) is 15.6 Å². The van der Waals surface area contributed by atoms with Gasteiger partial charge in [-0.05, 0) is 31.0 Å². The molecule has 1 amide bonds. The summed E-state index contributed by atoms with van der Waals surface area (Å²) in [7, 11) is -1.30. The lowest BCUT2D eigenvalue weighted by Crippen LogP contribution is -2.22. The first-order valence-corrected chi connectivity index (χ1v) is 6.84. The molecule has 17 heavy (non-hydrogen) atoms. The van der Waals surface area contributed by atoms with Gasteiger partial charge in [-0.1, -0.05) is 12.1 Å². The Kier molecular flexibility index (Phi) is 5.31. The number of amides is 1. The van der Waals surface area contributed by atoms with Crippen LogP contribution in [0.15, 0.2) is 18.2 Å². The van der Waals surface area contributed by atoms with Crippen molar-refractivity contribution in [2.45, 2.75) is 13.8 Å². The number of hydrogen-bond acceptors (Lipinski definition) is 3. The van der Waals surface area contributed by atoms with E-state index in [0.29, 0.717) is 0 Å². The largest absolute Gasteiger partial charge is 0.395 e. The molecule has 0 bridgehead atoms. The molecule has 0 aliphatic rings. The molecule has 1 unspecified atom stereocenters. The van der Waals surface area contributed by atoms with Crippen molar-refractivity contribution < 1.29 is 14.1 Å². The average molecular weight is 255 g/mol. The lowest BCUT2D eigenvalue weighted by molar-refractivity contribution is -0.113. The van der Waals surface area contributed by atoms with Gasteiger partial charge < -0.3 is 10.4 Å². The summed E-state index contributed by atoms with van der Waals surface area (Å²) in [6.45, 7) is 3.68. The van der Waals surface area contributed by atoms with E-state index in [2.05, 4.69) is 5.32 Å². The van der Waals surface area contributed by atoms with Gasteiger partial charge in [-0.15, -0.1) is 0 Å². The van der Waals surface area contributed by atoms with Crippen LogP contribution in [0.5, 0.6) is 0 Å². The van der Waals surface area contributed by atoms with Gasteiger partial charge in [-0.3, -0.25) is 9.00 Å². The first-order chi connectivity index (χ1) is 8.02. The van der Waals surface area contributed by atoms with E-state index in [0.717, 1.165) is 16.8 Å². The Labute approximate surface area is 104 Å². The van der Waals surface area contributed by atoms with Gasteiger partial charge in [-0.25, -0.2) is 0 Å². The van der Waals surface area contributed by atoms with Crippen LogP contribution in [-0.4, -0.2) is 33.3 Å². The molecule has 5 heteroatoms. The summed E-state index contributed by atoms with van der Waals surface area (Å²) in [5, 5.41) is 11.3. The molecule has 4 nitrogen and oxygen atoms in total. The fraction of sp³-hybridized carbons (Fsp3) is 0.417. The van der Waals surface area contributed by atoms with Crippen LogP contribution in [0, 0.1) is 13.8 Å². The number of hydrogen-bond donors (Lipinski definition) is 2. The zero-order valence-electron chi connectivity index (χ0n) is 10.0. The molecule has 0 aromatic heterocycles. The summed E-state index contributed by atoms with van der Waals surface area (Å²) in [6, 6.07) is 5.77. The van der Waals surface area contributed by atoms with Gasteiger partial charge in [0.25, 0.3) is 0 Å². The zero-order valence-corrected chi connectivity index (χ0v) is 10.8. The molecule has 0 aliphatic carbocycles. The molecular formula is C12H17NO3S. The SMILES string of the molecule is Cc1ccc(C)c(NC(=O)CS(=O)CCO)c1. The molecule has 0 saturated heterocycles. The summed E-state index contributed by atoms with van der Waals surface area (Å²) < 4.78 is 11.3. The minimum atomic E-state index is -1.30. The highest BCUT2D eigenvalue weighted by Gasteiger charge is 2.09. The summed E-state index contributed by atoms with van der Waals surface area (Å²) in [5.41, 5.74) is 2.77. The summed E-state index contributed by atoms with van der Waals surface area (Å²) in [4.78, 5) is 11.6. The molecule has 1 aromatic carbocycles. The Bertz CT molecular complexity index is 432. The summed E-state index contributed by atoms with van der Waals surface area (Å²) in [6.07, 6.45) is 0. The zero-order chi connectivity index (χ0) is 12.8. The monoisotopic (exact) mass is 255 g/mol. The lowest BCUT2D eigenvalue weighted by Gasteiger charge is -2.09. The maximum absolute atomic E-state index is 11.6. The third-order valence-corrected chi connectivity index (χ3v) is 3.50. The van der Waals surface area contributed by atoms with Gasteiger partial charge in [0.15, 0.2) is 0 Å². The molecule has 94 valence electrons. The minimum absolute atomic E-state index is 0.0755. The van der Waals surface area contributed by atoms with Gasteiger partial charge in [0, 0.05) is 22.2 Å². The van der Waals surface area contributed by atoms with Gasteiger partial charge in [0.05, 0.1) is 6.61 Å². The number of carbonyl (C=O) groups excluding carboxylic acids is 1. The molecule has 0 heterocycles. The van der Waals surface area contributed by atoms with Crippen molar-refractivity contribution in [2.75, 3.05) is 23.4 Å². The smallest absolute Gasteiger partial charge is 0.236 e. The lowest BCUT2D eigenvalue weighted by atomic mass is 10.1. The molecule has 0 fully saturated rings. The van der Waals surface area contributed by atoms with E-state index in [-0.39, 0.29) is 24.0 Å². The quantitative estimate of drug-likeness (QED) is 0.824. The van der Waals surface area contributed by atoms with E-state index in [9.17, 15) is 9.00 Å². The number of anilines is 1. The van der Waals surface area contributed by atoms with E-state index in [1.54, 1.807) is 0 Å². The maximum atomic E-state index is 11.6. The molecule has 0 aliphatic heterocycles. The first kappa shape index (κ1) is 13.9. The van der Waals surface area contributed by atoms with Crippen molar-refractivity contribution in [1.82, 2.24) is 0 Å². The number of carbonyl (C=O) groups is 1. The fourth-order valence-corrected chi connectivity index (χ4v) is 2.09.